The summed E-state index contributed by atoms with van der Waals surface area (Å²) < 4.78 is 7.44. The molecule has 1 aliphatic rings. The molecule has 1 unspecified atom stereocenters. The molecule has 1 aliphatic heterocycles. The molecule has 0 bridgehead atoms. The van der Waals surface area contributed by atoms with Gasteiger partial charge in [0.25, 0.3) is 0 Å². The molecule has 0 spiro atoms. The fourth-order valence-electron chi connectivity index (χ4n) is 3.41. The van der Waals surface area contributed by atoms with Crippen LogP contribution >= 0.6 is 11.8 Å². The van der Waals surface area contributed by atoms with Gasteiger partial charge in [0.1, 0.15) is 10.5 Å². The van der Waals surface area contributed by atoms with Crippen LogP contribution in [0.1, 0.15) is 29.7 Å². The van der Waals surface area contributed by atoms with Gasteiger partial charge >= 0.3 is 0 Å². The highest BCUT2D eigenvalue weighted by atomic mass is 32.2. The van der Waals surface area contributed by atoms with E-state index >= 15 is 0 Å². The van der Waals surface area contributed by atoms with E-state index in [1.807, 2.05) is 23.9 Å². The number of thioether (sulfide) groups is 1. The fourth-order valence-corrected chi connectivity index (χ4v) is 4.21. The first-order chi connectivity index (χ1) is 14.0. The van der Waals surface area contributed by atoms with E-state index in [0.29, 0.717) is 11.6 Å². The van der Waals surface area contributed by atoms with Gasteiger partial charge in [0.05, 0.1) is 29.4 Å². The van der Waals surface area contributed by atoms with Crippen LogP contribution in [-0.2, 0) is 9.53 Å². The van der Waals surface area contributed by atoms with Crippen LogP contribution in [0, 0.1) is 20.8 Å². The summed E-state index contributed by atoms with van der Waals surface area (Å²) in [5.74, 6) is 0.246. The second-order valence-corrected chi connectivity index (χ2v) is 8.37. The number of carbonyl (C=O) groups is 1. The number of amides is 1. The second kappa shape index (κ2) is 8.51. The maximum absolute atomic E-state index is 12.3. The summed E-state index contributed by atoms with van der Waals surface area (Å²) >= 11 is 1.38. The SMILES string of the molecule is Cc1ccc(-n2ncc3c(C)nnc(SCC(=O)NCC4CCCO4)c32)cc1C. The maximum atomic E-state index is 12.3. The van der Waals surface area contributed by atoms with Crippen molar-refractivity contribution in [2.24, 2.45) is 0 Å². The molecule has 8 heteroatoms. The summed E-state index contributed by atoms with van der Waals surface area (Å²) in [5, 5.41) is 17.8. The maximum Gasteiger partial charge on any atom is 0.230 e. The largest absolute Gasteiger partial charge is 0.376 e. The number of hydrogen-bond acceptors (Lipinski definition) is 6. The van der Waals surface area contributed by atoms with Gasteiger partial charge in [-0.25, -0.2) is 4.68 Å². The number of rotatable bonds is 6. The average Bonchev–Trinajstić information content (AvgIpc) is 3.38. The number of aromatic nitrogens is 4. The molecule has 1 N–H and O–H groups in total. The minimum absolute atomic E-state index is 0.0294. The molecule has 0 radical (unpaired) electrons. The van der Waals surface area contributed by atoms with Crippen molar-refractivity contribution in [3.05, 3.63) is 41.2 Å². The third kappa shape index (κ3) is 4.28. The van der Waals surface area contributed by atoms with Crippen LogP contribution < -0.4 is 5.32 Å². The molecule has 152 valence electrons. The van der Waals surface area contributed by atoms with Crippen molar-refractivity contribution in [3.63, 3.8) is 0 Å². The quantitative estimate of drug-likeness (QED) is 0.628. The summed E-state index contributed by atoms with van der Waals surface area (Å²) in [6.45, 7) is 7.45. The molecule has 4 rings (SSSR count). The Balaban J connectivity index is 1.55. The first kappa shape index (κ1) is 19.8. The monoisotopic (exact) mass is 411 g/mol. The molecule has 1 aromatic carbocycles. The lowest BCUT2D eigenvalue weighted by molar-refractivity contribution is -0.119. The van der Waals surface area contributed by atoms with Crippen LogP contribution in [-0.4, -0.2) is 50.9 Å². The lowest BCUT2D eigenvalue weighted by atomic mass is 10.1. The highest BCUT2D eigenvalue weighted by Gasteiger charge is 2.18. The van der Waals surface area contributed by atoms with E-state index in [9.17, 15) is 4.79 Å². The van der Waals surface area contributed by atoms with E-state index < -0.39 is 0 Å². The number of aryl methyl sites for hydroxylation is 3. The van der Waals surface area contributed by atoms with Gasteiger partial charge in [-0.2, -0.15) is 10.2 Å². The highest BCUT2D eigenvalue weighted by molar-refractivity contribution is 8.00. The topological polar surface area (TPSA) is 81.9 Å². The van der Waals surface area contributed by atoms with Crippen molar-refractivity contribution >= 4 is 28.6 Å². The molecule has 1 amide bonds. The number of hydrogen-bond donors (Lipinski definition) is 1. The third-order valence-corrected chi connectivity index (χ3v) is 6.23. The Hall–Kier alpha value is -2.45. The van der Waals surface area contributed by atoms with Gasteiger partial charge < -0.3 is 10.1 Å². The van der Waals surface area contributed by atoms with Crippen LogP contribution in [0.5, 0.6) is 0 Å². The second-order valence-electron chi connectivity index (χ2n) is 7.41. The predicted molar refractivity (Wildman–Crippen MR) is 114 cm³/mol. The first-order valence-electron chi connectivity index (χ1n) is 9.82. The Morgan fingerprint density at radius 2 is 2.14 bits per heavy atom. The summed E-state index contributed by atoms with van der Waals surface area (Å²) in [6.07, 6.45) is 4.03. The third-order valence-electron chi connectivity index (χ3n) is 5.28. The van der Waals surface area contributed by atoms with Crippen molar-refractivity contribution in [3.8, 4) is 5.69 Å². The molecule has 3 heterocycles. The standard InChI is InChI=1S/C21H25N5O2S/c1-13-6-7-16(9-14(13)2)26-20-18(11-23-26)15(3)24-25-21(20)29-12-19(27)22-10-17-5-4-8-28-17/h6-7,9,11,17H,4-5,8,10,12H2,1-3H3,(H,22,27). The van der Waals surface area contributed by atoms with E-state index in [-0.39, 0.29) is 17.8 Å². The molecule has 7 nitrogen and oxygen atoms in total. The van der Waals surface area contributed by atoms with Gasteiger partial charge in [-0.15, -0.1) is 5.10 Å². The normalized spacial score (nSPS) is 16.4. The van der Waals surface area contributed by atoms with Crippen molar-refractivity contribution < 1.29 is 9.53 Å². The highest BCUT2D eigenvalue weighted by Crippen LogP contribution is 2.29. The van der Waals surface area contributed by atoms with E-state index in [0.717, 1.165) is 41.7 Å². The first-order valence-corrected chi connectivity index (χ1v) is 10.8. The fraction of sp³-hybridized carbons (Fsp3) is 0.429. The molecule has 1 fully saturated rings. The average molecular weight is 412 g/mol. The Kier molecular flexibility index (Phi) is 5.82. The molecule has 0 saturated carbocycles. The molecular formula is C21H25N5O2S. The summed E-state index contributed by atoms with van der Waals surface area (Å²) in [6, 6.07) is 6.25. The van der Waals surface area contributed by atoms with Gasteiger partial charge in [-0.05, 0) is 56.9 Å². The zero-order chi connectivity index (χ0) is 20.4. The molecule has 29 heavy (non-hydrogen) atoms. The number of fused-ring (bicyclic) bond motifs is 1. The van der Waals surface area contributed by atoms with Crippen molar-refractivity contribution in [2.45, 2.75) is 44.7 Å². The molecule has 2 aromatic heterocycles. The zero-order valence-electron chi connectivity index (χ0n) is 16.9. The summed E-state index contributed by atoms with van der Waals surface area (Å²) in [7, 11) is 0. The van der Waals surface area contributed by atoms with Crippen LogP contribution in [0.15, 0.2) is 29.4 Å². The predicted octanol–water partition coefficient (Wildman–Crippen LogP) is 3.13. The smallest absolute Gasteiger partial charge is 0.230 e. The van der Waals surface area contributed by atoms with Crippen LogP contribution in [0.3, 0.4) is 0 Å². The summed E-state index contributed by atoms with van der Waals surface area (Å²) in [4.78, 5) is 12.3. The molecule has 3 aromatic rings. The number of ether oxygens (including phenoxy) is 1. The Morgan fingerprint density at radius 1 is 1.28 bits per heavy atom. The zero-order valence-corrected chi connectivity index (χ0v) is 17.8. The number of nitrogens with one attached hydrogen (secondary N) is 1. The van der Waals surface area contributed by atoms with Gasteiger partial charge in [-0.1, -0.05) is 17.8 Å². The van der Waals surface area contributed by atoms with Crippen molar-refractivity contribution in [2.75, 3.05) is 18.9 Å². The van der Waals surface area contributed by atoms with Gasteiger partial charge in [0.15, 0.2) is 0 Å². The molecule has 0 aliphatic carbocycles. The number of carbonyl (C=O) groups excluding carboxylic acids is 1. The lowest BCUT2D eigenvalue weighted by Crippen LogP contribution is -2.32. The number of benzene rings is 1. The van der Waals surface area contributed by atoms with E-state index in [2.05, 4.69) is 46.6 Å². The molecular weight excluding hydrogens is 386 g/mol. The van der Waals surface area contributed by atoms with Crippen LogP contribution in [0.4, 0.5) is 0 Å². The Bertz CT molecular complexity index is 1040. The van der Waals surface area contributed by atoms with Crippen LogP contribution in [0.25, 0.3) is 16.6 Å². The number of nitrogens with zero attached hydrogens (tertiary/aromatic N) is 4. The summed E-state index contributed by atoms with van der Waals surface area (Å²) in [5.41, 5.74) is 5.12. The van der Waals surface area contributed by atoms with Gasteiger partial charge in [0, 0.05) is 18.5 Å². The van der Waals surface area contributed by atoms with E-state index in [1.54, 1.807) is 0 Å². The van der Waals surface area contributed by atoms with Crippen molar-refractivity contribution in [1.82, 2.24) is 25.3 Å². The molecule has 1 saturated heterocycles. The molecule has 1 atom stereocenters. The van der Waals surface area contributed by atoms with Gasteiger partial charge in [0.2, 0.25) is 5.91 Å². The van der Waals surface area contributed by atoms with E-state index in [4.69, 9.17) is 4.74 Å². The van der Waals surface area contributed by atoms with Crippen LogP contribution in [0.2, 0.25) is 0 Å². The van der Waals surface area contributed by atoms with E-state index in [1.165, 1.54) is 22.9 Å². The minimum Gasteiger partial charge on any atom is -0.376 e. The van der Waals surface area contributed by atoms with Crippen molar-refractivity contribution in [1.29, 1.82) is 0 Å². The lowest BCUT2D eigenvalue weighted by Gasteiger charge is -2.11. The Morgan fingerprint density at radius 3 is 2.90 bits per heavy atom. The minimum atomic E-state index is -0.0294. The van der Waals surface area contributed by atoms with Gasteiger partial charge in [-0.3, -0.25) is 4.79 Å². The Labute approximate surface area is 174 Å².